The Labute approximate surface area is 171 Å². The molecule has 0 amide bonds. The Bertz CT molecular complexity index is 1360. The Hall–Kier alpha value is -4.22. The van der Waals surface area contributed by atoms with Crippen LogP contribution in [-0.4, -0.2) is 4.57 Å². The third kappa shape index (κ3) is 5.63. The number of aromatic nitrogens is 1. The quantitative estimate of drug-likeness (QED) is 0.430. The Kier molecular flexibility index (Phi) is 8.35. The average molecular weight is 371 g/mol. The number of para-hydroxylation sites is 2. The van der Waals surface area contributed by atoms with E-state index >= 15 is 0 Å². The maximum Gasteiger partial charge on any atom is 0.0520 e. The molecule has 2 aromatic carbocycles. The van der Waals surface area contributed by atoms with Crippen molar-refractivity contribution >= 4 is 21.8 Å². The SMILES string of the molecule is C=C=C=C=C=C=C=C=C=C=C=C(C)Cn1c2ccccc2c2ccccc21.CC. The molecule has 3 aromatic rings. The first-order valence-electron chi connectivity index (χ1n) is 9.38. The molecule has 1 heteroatoms. The predicted molar refractivity (Wildman–Crippen MR) is 121 cm³/mol. The summed E-state index contributed by atoms with van der Waals surface area (Å²) in [5, 5.41) is 2.52. The van der Waals surface area contributed by atoms with Crippen molar-refractivity contribution in [1.29, 1.82) is 0 Å². The second kappa shape index (κ2) is 11.5. The summed E-state index contributed by atoms with van der Waals surface area (Å²) in [7, 11) is 0. The van der Waals surface area contributed by atoms with Crippen LogP contribution < -0.4 is 0 Å². The van der Waals surface area contributed by atoms with E-state index in [4.69, 9.17) is 0 Å². The molecule has 0 aliphatic carbocycles. The largest absolute Gasteiger partial charge is 0.336 e. The van der Waals surface area contributed by atoms with E-state index in [-0.39, 0.29) is 0 Å². The molecule has 0 radical (unpaired) electrons. The summed E-state index contributed by atoms with van der Waals surface area (Å²) in [5.41, 5.74) is 30.0. The maximum atomic E-state index is 3.36. The summed E-state index contributed by atoms with van der Waals surface area (Å²) in [6.45, 7) is 10.1. The number of rotatable bonds is 2. The fraction of sp³-hybridized carbons (Fsp3) is 0.143. The van der Waals surface area contributed by atoms with Crippen molar-refractivity contribution in [2.24, 2.45) is 0 Å². The minimum Gasteiger partial charge on any atom is -0.336 e. The number of fused-ring (bicyclic) bond motifs is 3. The zero-order chi connectivity index (χ0) is 20.9. The van der Waals surface area contributed by atoms with E-state index in [0.717, 1.165) is 12.1 Å². The molecule has 1 heterocycles. The molecule has 0 fully saturated rings. The molecule has 138 valence electrons. The molecule has 0 unspecified atom stereocenters. The van der Waals surface area contributed by atoms with Gasteiger partial charge in [-0.2, -0.15) is 0 Å². The van der Waals surface area contributed by atoms with Crippen molar-refractivity contribution in [1.82, 2.24) is 4.57 Å². The van der Waals surface area contributed by atoms with Crippen molar-refractivity contribution in [3.05, 3.63) is 118 Å². The number of hydrogen-bond donors (Lipinski definition) is 0. The Morgan fingerprint density at radius 2 is 1.17 bits per heavy atom. The topological polar surface area (TPSA) is 4.93 Å². The van der Waals surface area contributed by atoms with Crippen LogP contribution in [0.15, 0.2) is 118 Å². The summed E-state index contributed by atoms with van der Waals surface area (Å²) < 4.78 is 2.29. The van der Waals surface area contributed by atoms with Crippen LogP contribution in [0.1, 0.15) is 20.8 Å². The fourth-order valence-corrected chi connectivity index (χ4v) is 2.82. The van der Waals surface area contributed by atoms with E-state index < -0.39 is 0 Å². The van der Waals surface area contributed by atoms with Gasteiger partial charge in [0.1, 0.15) is 0 Å². The minimum atomic E-state index is 0.726. The van der Waals surface area contributed by atoms with Crippen molar-refractivity contribution in [2.45, 2.75) is 27.3 Å². The highest BCUT2D eigenvalue weighted by Crippen LogP contribution is 2.29. The average Bonchev–Trinajstić information content (AvgIpc) is 3.08. The van der Waals surface area contributed by atoms with Gasteiger partial charge in [0.25, 0.3) is 0 Å². The van der Waals surface area contributed by atoms with E-state index in [1.54, 1.807) is 0 Å². The summed E-state index contributed by atoms with van der Waals surface area (Å²) in [6, 6.07) is 16.9. The first kappa shape index (κ1) is 21.1. The molecule has 0 atom stereocenters. The van der Waals surface area contributed by atoms with Crippen LogP contribution in [0.25, 0.3) is 21.8 Å². The molecule has 0 aliphatic heterocycles. The van der Waals surface area contributed by atoms with Gasteiger partial charge in [-0.15, -0.1) is 0 Å². The van der Waals surface area contributed by atoms with Crippen LogP contribution in [0.4, 0.5) is 0 Å². The molecule has 29 heavy (non-hydrogen) atoms. The zero-order valence-electron chi connectivity index (χ0n) is 17.0. The molecule has 0 saturated heterocycles. The van der Waals surface area contributed by atoms with Crippen LogP contribution in [0.2, 0.25) is 0 Å². The lowest BCUT2D eigenvalue weighted by Crippen LogP contribution is -1.97. The zero-order valence-corrected chi connectivity index (χ0v) is 17.0. The van der Waals surface area contributed by atoms with Gasteiger partial charge in [0, 0.05) is 21.8 Å². The van der Waals surface area contributed by atoms with Crippen molar-refractivity contribution in [3.8, 4) is 0 Å². The summed E-state index contributed by atoms with van der Waals surface area (Å²) in [6.07, 6.45) is 0. The molecule has 3 rings (SSSR count). The van der Waals surface area contributed by atoms with Gasteiger partial charge < -0.3 is 4.57 Å². The lowest BCUT2D eigenvalue weighted by Gasteiger charge is -2.05. The number of nitrogens with zero attached hydrogens (tertiary/aromatic N) is 1. The monoisotopic (exact) mass is 371 g/mol. The highest BCUT2D eigenvalue weighted by Gasteiger charge is 2.09. The lowest BCUT2D eigenvalue weighted by molar-refractivity contribution is 0.851. The maximum absolute atomic E-state index is 3.36. The van der Waals surface area contributed by atoms with Crippen LogP contribution in [-0.2, 0) is 6.54 Å². The van der Waals surface area contributed by atoms with Gasteiger partial charge in [-0.05, 0) is 77.1 Å². The third-order valence-electron chi connectivity index (χ3n) is 3.88. The van der Waals surface area contributed by atoms with E-state index in [0.29, 0.717) is 0 Å². The van der Waals surface area contributed by atoms with Gasteiger partial charge in [-0.1, -0.05) is 61.7 Å². The first-order chi connectivity index (χ1) is 14.3. The predicted octanol–water partition coefficient (Wildman–Crippen LogP) is 6.95. The van der Waals surface area contributed by atoms with Gasteiger partial charge in [-0.3, -0.25) is 0 Å². The van der Waals surface area contributed by atoms with Gasteiger partial charge in [0.05, 0.1) is 6.54 Å². The van der Waals surface area contributed by atoms with Crippen LogP contribution >= 0.6 is 0 Å². The van der Waals surface area contributed by atoms with Crippen LogP contribution in [0, 0.1) is 0 Å². The van der Waals surface area contributed by atoms with Crippen LogP contribution in [0.3, 0.4) is 0 Å². The van der Waals surface area contributed by atoms with E-state index in [2.05, 4.69) is 117 Å². The standard InChI is InChI=1S/C26H15N.C2H6/c1-3-4-5-6-7-8-9-10-11-16-22(2)21-27-25-19-14-12-17-23(25)24-18-13-15-20-26(24)27;1-2/h12-15,17-20H,1,21H2,2H3;1-2H3. The molecule has 0 aliphatic rings. The second-order valence-electron chi connectivity index (χ2n) is 5.70. The van der Waals surface area contributed by atoms with Crippen LogP contribution in [0.5, 0.6) is 0 Å². The summed E-state index contributed by atoms with van der Waals surface area (Å²) >= 11 is 0. The van der Waals surface area contributed by atoms with Gasteiger partial charge in [-0.25, -0.2) is 0 Å². The van der Waals surface area contributed by atoms with Crippen molar-refractivity contribution in [3.63, 3.8) is 0 Å². The molecular weight excluding hydrogens is 350 g/mol. The highest BCUT2D eigenvalue weighted by atomic mass is 15.0. The third-order valence-corrected chi connectivity index (χ3v) is 3.88. The Balaban J connectivity index is 0.00000145. The molecule has 1 nitrogen and oxygen atoms in total. The van der Waals surface area contributed by atoms with E-state index in [9.17, 15) is 0 Å². The Morgan fingerprint density at radius 3 is 1.69 bits per heavy atom. The molecule has 1 aromatic heterocycles. The van der Waals surface area contributed by atoms with Crippen molar-refractivity contribution < 1.29 is 0 Å². The first-order valence-corrected chi connectivity index (χ1v) is 9.38. The van der Waals surface area contributed by atoms with E-state index in [1.807, 2.05) is 20.8 Å². The summed E-state index contributed by atoms with van der Waals surface area (Å²) in [4.78, 5) is 0. The highest BCUT2D eigenvalue weighted by molar-refractivity contribution is 6.07. The second-order valence-corrected chi connectivity index (χ2v) is 5.70. The lowest BCUT2D eigenvalue weighted by atomic mass is 10.2. The number of benzene rings is 2. The molecule has 0 N–H and O–H groups in total. The minimum absolute atomic E-state index is 0.726. The van der Waals surface area contributed by atoms with Crippen molar-refractivity contribution in [2.75, 3.05) is 0 Å². The van der Waals surface area contributed by atoms with Gasteiger partial charge in [0.15, 0.2) is 0 Å². The molecular formula is C28H21N. The summed E-state index contributed by atoms with van der Waals surface area (Å²) in [5.74, 6) is 0. The fourth-order valence-electron chi connectivity index (χ4n) is 2.82. The normalized spacial score (nSPS) is 8.10. The Morgan fingerprint density at radius 1 is 0.724 bits per heavy atom. The van der Waals surface area contributed by atoms with Gasteiger partial charge in [0.2, 0.25) is 0 Å². The molecule has 0 spiro atoms. The molecule has 0 saturated carbocycles. The van der Waals surface area contributed by atoms with E-state index in [1.165, 1.54) is 21.8 Å². The number of hydrogen-bond acceptors (Lipinski definition) is 0. The van der Waals surface area contributed by atoms with Gasteiger partial charge >= 0.3 is 0 Å². The molecule has 0 bridgehead atoms. The smallest absolute Gasteiger partial charge is 0.0520 e. The number of allylic oxidation sites excluding steroid dienone is 1.